The molecular weight excluding hydrogens is 368 g/mol. The van der Waals surface area contributed by atoms with E-state index in [4.69, 9.17) is 11.6 Å². The summed E-state index contributed by atoms with van der Waals surface area (Å²) in [6.07, 6.45) is 3.80. The van der Waals surface area contributed by atoms with E-state index >= 15 is 0 Å². The van der Waals surface area contributed by atoms with Gasteiger partial charge in [-0.1, -0.05) is 71.9 Å². The van der Waals surface area contributed by atoms with Gasteiger partial charge in [0.2, 0.25) is 11.1 Å². The van der Waals surface area contributed by atoms with Crippen molar-refractivity contribution in [2.45, 2.75) is 17.3 Å². The molecule has 0 aliphatic carbocycles. The van der Waals surface area contributed by atoms with Crippen LogP contribution in [0.5, 0.6) is 0 Å². The maximum atomic E-state index is 12.3. The van der Waals surface area contributed by atoms with Crippen LogP contribution >= 0.6 is 23.4 Å². The minimum atomic E-state index is -0.368. The molecule has 3 aromatic rings. The van der Waals surface area contributed by atoms with Crippen molar-refractivity contribution in [1.82, 2.24) is 15.2 Å². The summed E-state index contributed by atoms with van der Waals surface area (Å²) >= 11 is 7.34. The molecule has 1 heterocycles. The average molecular weight is 385 g/mol. The van der Waals surface area contributed by atoms with Crippen molar-refractivity contribution in [2.75, 3.05) is 5.32 Å². The number of nitrogens with one attached hydrogen (secondary N) is 2. The van der Waals surface area contributed by atoms with Gasteiger partial charge in [0.25, 0.3) is 0 Å². The van der Waals surface area contributed by atoms with E-state index in [0.29, 0.717) is 21.7 Å². The lowest BCUT2D eigenvalue weighted by Gasteiger charge is -2.11. The molecule has 3 rings (SSSR count). The summed E-state index contributed by atoms with van der Waals surface area (Å²) in [5, 5.41) is 10.5. The topological polar surface area (TPSA) is 70.7 Å². The molecule has 0 saturated carbocycles. The highest BCUT2D eigenvalue weighted by Crippen LogP contribution is 2.24. The fourth-order valence-electron chi connectivity index (χ4n) is 2.13. The van der Waals surface area contributed by atoms with Crippen LogP contribution in [0.4, 0.5) is 5.69 Å². The van der Waals surface area contributed by atoms with Crippen LogP contribution in [-0.2, 0) is 4.79 Å². The fourth-order valence-corrected chi connectivity index (χ4v) is 3.05. The van der Waals surface area contributed by atoms with Crippen molar-refractivity contribution in [2.24, 2.45) is 0 Å². The Morgan fingerprint density at radius 1 is 1.15 bits per heavy atom. The van der Waals surface area contributed by atoms with Gasteiger partial charge < -0.3 is 5.32 Å². The smallest absolute Gasteiger partial charge is 0.237 e. The first-order chi connectivity index (χ1) is 12.6. The fraction of sp³-hybridized carbons (Fsp3) is 0.105. The number of carbonyl (C=O) groups is 1. The van der Waals surface area contributed by atoms with Crippen LogP contribution in [0.25, 0.3) is 12.2 Å². The molecule has 26 heavy (non-hydrogen) atoms. The molecule has 2 aromatic carbocycles. The third-order valence-electron chi connectivity index (χ3n) is 3.50. The molecule has 1 unspecified atom stereocenters. The van der Waals surface area contributed by atoms with Gasteiger partial charge >= 0.3 is 0 Å². The van der Waals surface area contributed by atoms with Gasteiger partial charge in [0.05, 0.1) is 16.0 Å². The number of hydrogen-bond acceptors (Lipinski definition) is 4. The lowest BCUT2D eigenvalue weighted by molar-refractivity contribution is -0.115. The standard InChI is InChI=1S/C19H17ClN4OS/c1-13(18(25)21-16-10-6-5-9-15(16)20)26-19-22-17(23-24-19)12-11-14-7-3-2-4-8-14/h2-13H,1H3,(H,21,25)(H,22,23,24)/b12-11+. The molecule has 0 spiro atoms. The summed E-state index contributed by atoms with van der Waals surface area (Å²) in [6.45, 7) is 1.80. The van der Waals surface area contributed by atoms with Gasteiger partial charge in [-0.2, -0.15) is 0 Å². The zero-order valence-corrected chi connectivity index (χ0v) is 15.6. The van der Waals surface area contributed by atoms with E-state index in [2.05, 4.69) is 20.5 Å². The normalized spacial score (nSPS) is 12.2. The van der Waals surface area contributed by atoms with Crippen molar-refractivity contribution < 1.29 is 4.79 Å². The van der Waals surface area contributed by atoms with E-state index in [9.17, 15) is 4.79 Å². The Balaban J connectivity index is 1.59. The van der Waals surface area contributed by atoms with Crippen LogP contribution in [-0.4, -0.2) is 26.3 Å². The first kappa shape index (κ1) is 18.2. The largest absolute Gasteiger partial charge is 0.324 e. The van der Waals surface area contributed by atoms with Gasteiger partial charge in [-0.05, 0) is 30.7 Å². The van der Waals surface area contributed by atoms with Gasteiger partial charge in [0.15, 0.2) is 0 Å². The maximum absolute atomic E-state index is 12.3. The molecule has 1 atom stereocenters. The highest BCUT2D eigenvalue weighted by molar-refractivity contribution is 8.00. The Labute approximate surface area is 160 Å². The highest BCUT2D eigenvalue weighted by atomic mass is 35.5. The van der Waals surface area contributed by atoms with Gasteiger partial charge in [0.1, 0.15) is 5.82 Å². The van der Waals surface area contributed by atoms with Crippen molar-refractivity contribution in [3.05, 3.63) is 71.0 Å². The van der Waals surface area contributed by atoms with Crippen molar-refractivity contribution in [3.8, 4) is 0 Å². The first-order valence-corrected chi connectivity index (χ1v) is 9.25. The quantitative estimate of drug-likeness (QED) is 0.602. The summed E-state index contributed by atoms with van der Waals surface area (Å²) in [4.78, 5) is 16.7. The van der Waals surface area contributed by atoms with Crippen LogP contribution in [0.15, 0.2) is 59.8 Å². The zero-order chi connectivity index (χ0) is 18.4. The number of aromatic amines is 1. The Bertz CT molecular complexity index is 911. The second kappa shape index (κ2) is 8.69. The average Bonchev–Trinajstić information content (AvgIpc) is 3.10. The number of rotatable bonds is 6. The zero-order valence-electron chi connectivity index (χ0n) is 14.0. The molecular formula is C19H17ClN4OS. The predicted molar refractivity (Wildman–Crippen MR) is 107 cm³/mol. The number of hydrogen-bond donors (Lipinski definition) is 2. The number of benzene rings is 2. The van der Waals surface area contributed by atoms with Gasteiger partial charge in [-0.3, -0.25) is 9.89 Å². The van der Waals surface area contributed by atoms with Crippen molar-refractivity contribution >= 4 is 47.1 Å². The first-order valence-electron chi connectivity index (χ1n) is 7.99. The van der Waals surface area contributed by atoms with E-state index in [1.807, 2.05) is 54.6 Å². The Kier molecular flexibility index (Phi) is 6.09. The van der Waals surface area contributed by atoms with E-state index < -0.39 is 0 Å². The molecule has 0 radical (unpaired) electrons. The number of thioether (sulfide) groups is 1. The van der Waals surface area contributed by atoms with Crippen LogP contribution in [0.3, 0.4) is 0 Å². The summed E-state index contributed by atoms with van der Waals surface area (Å²) in [5.74, 6) is 0.476. The van der Waals surface area contributed by atoms with E-state index in [-0.39, 0.29) is 11.2 Å². The second-order valence-electron chi connectivity index (χ2n) is 5.48. The van der Waals surface area contributed by atoms with Gasteiger partial charge in [-0.15, -0.1) is 5.10 Å². The molecule has 7 heteroatoms. The number of carbonyl (C=O) groups excluding carboxylic acids is 1. The Morgan fingerprint density at radius 3 is 2.65 bits per heavy atom. The van der Waals surface area contributed by atoms with Gasteiger partial charge in [0, 0.05) is 0 Å². The number of aromatic nitrogens is 3. The van der Waals surface area contributed by atoms with Crippen molar-refractivity contribution in [3.63, 3.8) is 0 Å². The second-order valence-corrected chi connectivity index (χ2v) is 7.19. The SMILES string of the molecule is CC(Sc1n[nH]c(/C=C/c2ccccc2)n1)C(=O)Nc1ccccc1Cl. The van der Waals surface area contributed by atoms with E-state index in [0.717, 1.165) is 5.56 Å². The van der Waals surface area contributed by atoms with Gasteiger partial charge in [-0.25, -0.2) is 4.98 Å². The minimum absolute atomic E-state index is 0.158. The minimum Gasteiger partial charge on any atom is -0.324 e. The lowest BCUT2D eigenvalue weighted by atomic mass is 10.2. The monoisotopic (exact) mass is 384 g/mol. The molecule has 0 fully saturated rings. The molecule has 0 aliphatic rings. The van der Waals surface area contributed by atoms with E-state index in [1.165, 1.54) is 11.8 Å². The number of amides is 1. The summed E-state index contributed by atoms with van der Waals surface area (Å²) in [5.41, 5.74) is 1.67. The molecule has 0 aliphatic heterocycles. The van der Waals surface area contributed by atoms with Crippen LogP contribution in [0, 0.1) is 0 Å². The third kappa shape index (κ3) is 4.97. The predicted octanol–water partition coefficient (Wildman–Crippen LogP) is 4.75. The summed E-state index contributed by atoms with van der Waals surface area (Å²) in [6, 6.07) is 17.0. The summed E-state index contributed by atoms with van der Waals surface area (Å²) in [7, 11) is 0. The molecule has 0 bridgehead atoms. The molecule has 2 N–H and O–H groups in total. The molecule has 5 nitrogen and oxygen atoms in total. The Morgan fingerprint density at radius 2 is 1.88 bits per heavy atom. The molecule has 1 amide bonds. The third-order valence-corrected chi connectivity index (χ3v) is 4.79. The number of nitrogens with zero attached hydrogens (tertiary/aromatic N) is 2. The van der Waals surface area contributed by atoms with E-state index in [1.54, 1.807) is 19.1 Å². The number of halogens is 1. The number of para-hydroxylation sites is 1. The summed E-state index contributed by atoms with van der Waals surface area (Å²) < 4.78 is 0. The molecule has 132 valence electrons. The van der Waals surface area contributed by atoms with Crippen LogP contribution in [0.1, 0.15) is 18.3 Å². The molecule has 1 aromatic heterocycles. The van der Waals surface area contributed by atoms with Crippen molar-refractivity contribution in [1.29, 1.82) is 0 Å². The van der Waals surface area contributed by atoms with Crippen LogP contribution < -0.4 is 5.32 Å². The maximum Gasteiger partial charge on any atom is 0.237 e. The number of H-pyrrole nitrogens is 1. The molecule has 0 saturated heterocycles. The lowest BCUT2D eigenvalue weighted by Crippen LogP contribution is -2.22. The number of anilines is 1. The highest BCUT2D eigenvalue weighted by Gasteiger charge is 2.17. The van der Waals surface area contributed by atoms with Crippen LogP contribution in [0.2, 0.25) is 5.02 Å². The Hall–Kier alpha value is -2.57.